The minimum Gasteiger partial charge on any atom is -0.252 e. The number of nitrogens with zero attached hydrogens (tertiary/aromatic N) is 3. The monoisotopic (exact) mass is 214 g/mol. The van der Waals surface area contributed by atoms with Crippen LogP contribution in [0.2, 0.25) is 0 Å². The van der Waals surface area contributed by atoms with Crippen LogP contribution in [0.1, 0.15) is 5.56 Å². The topological polar surface area (TPSA) is 65.4 Å². The fourth-order valence-corrected chi connectivity index (χ4v) is 1.32. The van der Waals surface area contributed by atoms with Gasteiger partial charge in [-0.3, -0.25) is 5.10 Å². The first-order valence-corrected chi connectivity index (χ1v) is 4.63. The van der Waals surface area contributed by atoms with E-state index in [1.165, 1.54) is 0 Å². The third-order valence-corrected chi connectivity index (χ3v) is 2.06. The van der Waals surface area contributed by atoms with Gasteiger partial charge in [0.2, 0.25) is 4.77 Å². The van der Waals surface area contributed by atoms with Crippen molar-refractivity contribution in [3.8, 4) is 17.3 Å². The Morgan fingerprint density at radius 2 is 2.00 bits per heavy atom. The van der Waals surface area contributed by atoms with Gasteiger partial charge in [0, 0.05) is 5.56 Å². The van der Waals surface area contributed by atoms with Crippen LogP contribution in [0.4, 0.5) is 0 Å². The zero-order valence-corrected chi connectivity index (χ0v) is 8.45. The molecule has 15 heavy (non-hydrogen) atoms. The van der Waals surface area contributed by atoms with Crippen LogP contribution < -0.4 is 0 Å². The molecule has 0 bridgehead atoms. The predicted molar refractivity (Wildman–Crippen MR) is 57.4 cm³/mol. The molecule has 2 rings (SSSR count). The highest BCUT2D eigenvalue weighted by Crippen LogP contribution is 2.15. The smallest absolute Gasteiger partial charge is 0.214 e. The van der Waals surface area contributed by atoms with Gasteiger partial charge in [0.15, 0.2) is 0 Å². The van der Waals surface area contributed by atoms with E-state index in [1.807, 2.05) is 12.1 Å². The molecule has 0 atom stereocenters. The van der Waals surface area contributed by atoms with Crippen LogP contribution >= 0.6 is 12.2 Å². The number of H-pyrrole nitrogens is 1. The first-order valence-electron chi connectivity index (χ1n) is 4.22. The van der Waals surface area contributed by atoms with E-state index in [0.717, 1.165) is 5.56 Å². The molecule has 1 heterocycles. The van der Waals surface area contributed by atoms with Gasteiger partial charge in [-0.2, -0.15) is 10.4 Å². The lowest BCUT2D eigenvalue weighted by atomic mass is 10.1. The highest BCUT2D eigenvalue weighted by molar-refractivity contribution is 7.71. The quantitative estimate of drug-likeness (QED) is 0.738. The number of nitriles is 1. The molecule has 0 aliphatic rings. The van der Waals surface area contributed by atoms with E-state index in [4.69, 9.17) is 17.5 Å². The maximum Gasteiger partial charge on any atom is 0.214 e. The summed E-state index contributed by atoms with van der Waals surface area (Å²) in [6, 6.07) is 9.15. The Hall–Kier alpha value is -2.06. The molecule has 0 aliphatic heterocycles. The van der Waals surface area contributed by atoms with Crippen LogP contribution in [0, 0.1) is 16.1 Å². The maximum atomic E-state index is 8.64. The van der Waals surface area contributed by atoms with Crippen molar-refractivity contribution in [1.82, 2.24) is 15.2 Å². The molecular formula is C10H6N4S. The van der Waals surface area contributed by atoms with E-state index in [1.54, 1.807) is 18.3 Å². The van der Waals surface area contributed by atoms with E-state index in [0.29, 0.717) is 16.0 Å². The summed E-state index contributed by atoms with van der Waals surface area (Å²) >= 11 is 4.87. The Balaban J connectivity index is 2.47. The summed E-state index contributed by atoms with van der Waals surface area (Å²) in [5, 5.41) is 15.1. The van der Waals surface area contributed by atoms with E-state index in [9.17, 15) is 0 Å². The third-order valence-electron chi connectivity index (χ3n) is 1.88. The average molecular weight is 214 g/mol. The van der Waals surface area contributed by atoms with Gasteiger partial charge in [0.25, 0.3) is 0 Å². The summed E-state index contributed by atoms with van der Waals surface area (Å²) in [6.07, 6.45) is 1.59. The first kappa shape index (κ1) is 9.49. The van der Waals surface area contributed by atoms with Crippen molar-refractivity contribution in [2.75, 3.05) is 0 Å². The predicted octanol–water partition coefficient (Wildman–Crippen LogP) is 2.07. The van der Waals surface area contributed by atoms with Crippen molar-refractivity contribution < 1.29 is 0 Å². The van der Waals surface area contributed by atoms with Crippen molar-refractivity contribution in [2.24, 2.45) is 0 Å². The fraction of sp³-hybridized carbons (Fsp3) is 0. The Morgan fingerprint density at radius 1 is 1.27 bits per heavy atom. The second kappa shape index (κ2) is 3.98. The highest BCUT2D eigenvalue weighted by atomic mass is 32.1. The molecule has 1 aromatic heterocycles. The van der Waals surface area contributed by atoms with Crippen LogP contribution in [-0.2, 0) is 0 Å². The minimum atomic E-state index is 0.344. The minimum absolute atomic E-state index is 0.344. The van der Waals surface area contributed by atoms with Crippen LogP contribution in [0.3, 0.4) is 0 Å². The van der Waals surface area contributed by atoms with E-state index < -0.39 is 0 Å². The molecule has 0 saturated heterocycles. The third kappa shape index (κ3) is 2.06. The van der Waals surface area contributed by atoms with Gasteiger partial charge in [0.05, 0.1) is 23.5 Å². The van der Waals surface area contributed by atoms with Crippen molar-refractivity contribution >= 4 is 12.2 Å². The lowest BCUT2D eigenvalue weighted by Crippen LogP contribution is -1.89. The number of aromatic amines is 1. The molecule has 2 aromatic rings. The summed E-state index contributed by atoms with van der Waals surface area (Å²) in [5.74, 6) is 0. The van der Waals surface area contributed by atoms with Crippen LogP contribution in [0.15, 0.2) is 30.5 Å². The van der Waals surface area contributed by atoms with Gasteiger partial charge in [0.1, 0.15) is 0 Å². The molecule has 0 amide bonds. The number of nitrogens with one attached hydrogen (secondary N) is 1. The zero-order valence-electron chi connectivity index (χ0n) is 7.64. The van der Waals surface area contributed by atoms with E-state index in [2.05, 4.69) is 21.3 Å². The molecule has 0 unspecified atom stereocenters. The number of hydrogen-bond acceptors (Lipinski definition) is 4. The second-order valence-corrected chi connectivity index (χ2v) is 3.25. The molecule has 0 aliphatic carbocycles. The van der Waals surface area contributed by atoms with E-state index >= 15 is 0 Å². The van der Waals surface area contributed by atoms with Crippen LogP contribution in [-0.4, -0.2) is 15.2 Å². The SMILES string of the molecule is N#Cc1ccc(-c2cn[nH]c(=S)n2)cc1. The highest BCUT2D eigenvalue weighted by Gasteiger charge is 1.99. The normalized spacial score (nSPS) is 9.53. The molecule has 0 fully saturated rings. The summed E-state index contributed by atoms with van der Waals surface area (Å²) < 4.78 is 0.344. The van der Waals surface area contributed by atoms with Crippen molar-refractivity contribution in [2.45, 2.75) is 0 Å². The van der Waals surface area contributed by atoms with Crippen LogP contribution in [0.5, 0.6) is 0 Å². The number of rotatable bonds is 1. The summed E-state index contributed by atoms with van der Waals surface area (Å²) in [4.78, 5) is 4.11. The Morgan fingerprint density at radius 3 is 2.60 bits per heavy atom. The van der Waals surface area contributed by atoms with Gasteiger partial charge >= 0.3 is 0 Å². The second-order valence-electron chi connectivity index (χ2n) is 2.86. The Bertz CT molecular complexity index is 565. The summed E-state index contributed by atoms with van der Waals surface area (Å²) in [5.41, 5.74) is 2.21. The molecule has 0 spiro atoms. The number of benzene rings is 1. The molecule has 5 heteroatoms. The first-order chi connectivity index (χ1) is 7.29. The molecule has 1 N–H and O–H groups in total. The van der Waals surface area contributed by atoms with Crippen molar-refractivity contribution in [1.29, 1.82) is 5.26 Å². The molecule has 0 saturated carbocycles. The van der Waals surface area contributed by atoms with Crippen molar-refractivity contribution in [3.63, 3.8) is 0 Å². The summed E-state index contributed by atoms with van der Waals surface area (Å²) in [7, 11) is 0. The molecule has 0 radical (unpaired) electrons. The number of hydrogen-bond donors (Lipinski definition) is 1. The Kier molecular flexibility index (Phi) is 2.52. The van der Waals surface area contributed by atoms with Crippen molar-refractivity contribution in [3.05, 3.63) is 40.8 Å². The van der Waals surface area contributed by atoms with Gasteiger partial charge in [-0.25, -0.2) is 4.98 Å². The molecular weight excluding hydrogens is 208 g/mol. The van der Waals surface area contributed by atoms with Gasteiger partial charge < -0.3 is 0 Å². The van der Waals surface area contributed by atoms with Gasteiger partial charge in [-0.05, 0) is 24.4 Å². The lowest BCUT2D eigenvalue weighted by molar-refractivity contribution is 0.953. The molecule has 72 valence electrons. The fourth-order valence-electron chi connectivity index (χ4n) is 1.17. The maximum absolute atomic E-state index is 8.64. The Labute approximate surface area is 91.2 Å². The standard InChI is InChI=1S/C10H6N4S/c11-5-7-1-3-8(4-2-7)9-6-12-14-10(15)13-9/h1-4,6H,(H,13,14,15). The van der Waals surface area contributed by atoms with E-state index in [-0.39, 0.29) is 0 Å². The molecule has 1 aromatic carbocycles. The summed E-state index contributed by atoms with van der Waals surface area (Å²) in [6.45, 7) is 0. The van der Waals surface area contributed by atoms with Gasteiger partial charge in [-0.15, -0.1) is 0 Å². The number of aromatic nitrogens is 3. The van der Waals surface area contributed by atoms with Crippen LogP contribution in [0.25, 0.3) is 11.3 Å². The zero-order chi connectivity index (χ0) is 10.7. The lowest BCUT2D eigenvalue weighted by Gasteiger charge is -1.98. The molecule has 4 nitrogen and oxygen atoms in total. The average Bonchev–Trinajstić information content (AvgIpc) is 2.29. The van der Waals surface area contributed by atoms with Gasteiger partial charge in [-0.1, -0.05) is 12.1 Å². The largest absolute Gasteiger partial charge is 0.252 e.